The quantitative estimate of drug-likeness (QED) is 0.381. The Kier molecular flexibility index (Phi) is 5.86. The van der Waals surface area contributed by atoms with Gasteiger partial charge in [-0.3, -0.25) is 0 Å². The Morgan fingerprint density at radius 3 is 2.27 bits per heavy atom. The van der Waals surface area contributed by atoms with Gasteiger partial charge in [-0.2, -0.15) is 0 Å². The van der Waals surface area contributed by atoms with Crippen LogP contribution in [0.3, 0.4) is 0 Å². The van der Waals surface area contributed by atoms with Crippen LogP contribution in [0, 0.1) is 0 Å². The molecule has 1 rings (SSSR count). The maximum absolute atomic E-state index is 5.80. The molecule has 1 atom stereocenters. The van der Waals surface area contributed by atoms with E-state index < -0.39 is 5.12 Å². The molecule has 0 saturated heterocycles. The topological polar surface area (TPSA) is 18.5 Å². The van der Waals surface area contributed by atoms with Crippen molar-refractivity contribution in [2.24, 2.45) is 0 Å². The lowest BCUT2D eigenvalue weighted by Gasteiger charge is -2.29. The first-order chi connectivity index (χ1) is 7.24. The normalized spacial score (nSPS) is 16.7. The lowest BCUT2D eigenvalue weighted by molar-refractivity contribution is -0.136. The van der Waals surface area contributed by atoms with Gasteiger partial charge in [0.25, 0.3) is 0 Å². The molecule has 5 heteroatoms. The summed E-state index contributed by atoms with van der Waals surface area (Å²) in [5.74, 6) is 0. The molecule has 1 aliphatic rings. The molecule has 0 radical (unpaired) electrons. The summed E-state index contributed by atoms with van der Waals surface area (Å²) < 4.78 is 11.6. The predicted molar refractivity (Wildman–Crippen MR) is 72.6 cm³/mol. The number of hydrogen-bond acceptors (Lipinski definition) is 4. The van der Waals surface area contributed by atoms with Crippen LogP contribution < -0.4 is 0 Å². The minimum atomic E-state index is -0.536. The summed E-state index contributed by atoms with van der Waals surface area (Å²) in [6, 6.07) is 0. The van der Waals surface area contributed by atoms with Crippen LogP contribution in [0.2, 0.25) is 0 Å². The van der Waals surface area contributed by atoms with Crippen molar-refractivity contribution in [1.29, 1.82) is 0 Å². The van der Waals surface area contributed by atoms with E-state index in [0.29, 0.717) is 13.2 Å². The number of ether oxygens (including phenoxy) is 2. The van der Waals surface area contributed by atoms with Crippen LogP contribution >= 0.6 is 17.9 Å². The lowest BCUT2D eigenvalue weighted by atomic mass is 10.4. The summed E-state index contributed by atoms with van der Waals surface area (Å²) in [6.07, 6.45) is 2.17. The first kappa shape index (κ1) is 13.7. The van der Waals surface area contributed by atoms with Gasteiger partial charge in [0.05, 0.1) is 0 Å². The van der Waals surface area contributed by atoms with Crippen LogP contribution in [0.4, 0.5) is 0 Å². The molecule has 0 saturated carbocycles. The van der Waals surface area contributed by atoms with Gasteiger partial charge in [-0.05, 0) is 33.2 Å². The smallest absolute Gasteiger partial charge is 0.246 e. The Bertz CT molecular complexity index is 260. The van der Waals surface area contributed by atoms with Gasteiger partial charge in [-0.25, -0.2) is 0 Å². The van der Waals surface area contributed by atoms with Gasteiger partial charge in [-0.1, -0.05) is 35.7 Å². The maximum Gasteiger partial charge on any atom is 0.246 e. The molecule has 0 aliphatic heterocycles. The van der Waals surface area contributed by atoms with Gasteiger partial charge in [0.15, 0.2) is 0 Å². The molecular formula is C10H19O2PS2. The van der Waals surface area contributed by atoms with E-state index in [-0.39, 0.29) is 6.56 Å². The van der Waals surface area contributed by atoms with E-state index in [2.05, 4.69) is 6.92 Å². The van der Waals surface area contributed by atoms with Crippen LogP contribution in [0.25, 0.3) is 0 Å². The fourth-order valence-corrected chi connectivity index (χ4v) is 4.84. The van der Waals surface area contributed by atoms with Crippen LogP contribution in [0.5, 0.6) is 0 Å². The van der Waals surface area contributed by atoms with Crippen molar-refractivity contribution < 1.29 is 9.47 Å². The highest BCUT2D eigenvalue weighted by Crippen LogP contribution is 2.53. The van der Waals surface area contributed by atoms with Crippen molar-refractivity contribution in [2.45, 2.75) is 38.7 Å². The Balaban J connectivity index is 2.82. The van der Waals surface area contributed by atoms with E-state index in [9.17, 15) is 0 Å². The van der Waals surface area contributed by atoms with Crippen LogP contribution in [-0.4, -0.2) is 18.3 Å². The van der Waals surface area contributed by atoms with Gasteiger partial charge in [-0.15, -0.1) is 0 Å². The van der Waals surface area contributed by atoms with E-state index in [1.807, 2.05) is 13.8 Å². The fourth-order valence-electron chi connectivity index (χ4n) is 1.63. The molecule has 0 spiro atoms. The van der Waals surface area contributed by atoms with E-state index in [4.69, 9.17) is 21.3 Å². The number of rotatable bonds is 8. The zero-order valence-electron chi connectivity index (χ0n) is 9.54. The van der Waals surface area contributed by atoms with Crippen molar-refractivity contribution in [2.75, 3.05) is 13.2 Å². The first-order valence-electron chi connectivity index (χ1n) is 5.34. The molecule has 15 heavy (non-hydrogen) atoms. The van der Waals surface area contributed by atoms with Gasteiger partial charge >= 0.3 is 0 Å². The standard InChI is InChI=1S/C10H19O2PS2/c1-4-8-7-9(8)10(11-5-2,12-6-3)15-13-14/h4-7,13H2,1-3H3. The predicted octanol–water partition coefficient (Wildman–Crippen LogP) is 3.34. The zero-order chi connectivity index (χ0) is 11.3. The third-order valence-electron chi connectivity index (χ3n) is 2.36. The monoisotopic (exact) mass is 266 g/mol. The summed E-state index contributed by atoms with van der Waals surface area (Å²) >= 11 is 6.77. The summed E-state index contributed by atoms with van der Waals surface area (Å²) in [5, 5.41) is -0.536. The molecule has 1 unspecified atom stereocenters. The molecule has 0 N–H and O–H groups in total. The van der Waals surface area contributed by atoms with Crippen molar-refractivity contribution in [1.82, 2.24) is 0 Å². The molecular weight excluding hydrogens is 247 g/mol. The Labute approximate surface area is 102 Å². The summed E-state index contributed by atoms with van der Waals surface area (Å²) in [6.45, 7) is 7.43. The van der Waals surface area contributed by atoms with Crippen LogP contribution in [0.1, 0.15) is 33.6 Å². The SMILES string of the molecule is CCOC(OCC)(S[PH2]=S)C1=C(CC)C1. The van der Waals surface area contributed by atoms with E-state index in [0.717, 1.165) is 12.8 Å². The van der Waals surface area contributed by atoms with Crippen molar-refractivity contribution in [3.63, 3.8) is 0 Å². The van der Waals surface area contributed by atoms with E-state index in [1.165, 1.54) is 11.1 Å². The largest absolute Gasteiger partial charge is 0.338 e. The molecule has 88 valence electrons. The molecule has 1 aliphatic carbocycles. The molecule has 0 aromatic rings. The van der Waals surface area contributed by atoms with Crippen molar-refractivity contribution in [3.05, 3.63) is 11.1 Å². The minimum Gasteiger partial charge on any atom is -0.338 e. The Morgan fingerprint density at radius 2 is 1.93 bits per heavy atom. The third-order valence-corrected chi connectivity index (χ3v) is 5.33. The zero-order valence-corrected chi connectivity index (χ0v) is 12.3. The van der Waals surface area contributed by atoms with Crippen LogP contribution in [-0.2, 0) is 21.3 Å². The minimum absolute atomic E-state index is 0.0897. The molecule has 0 aromatic carbocycles. The second-order valence-electron chi connectivity index (χ2n) is 3.25. The molecule has 0 aromatic heterocycles. The molecule has 2 nitrogen and oxygen atoms in total. The highest BCUT2D eigenvalue weighted by molar-refractivity contribution is 8.58. The highest BCUT2D eigenvalue weighted by atomic mass is 32.9. The first-order valence-corrected chi connectivity index (χ1v) is 9.52. The summed E-state index contributed by atoms with van der Waals surface area (Å²) in [7, 11) is 0. The second-order valence-corrected chi connectivity index (χ2v) is 7.23. The second kappa shape index (κ2) is 6.41. The third kappa shape index (κ3) is 3.31. The van der Waals surface area contributed by atoms with Gasteiger partial charge in [0.1, 0.15) is 0 Å². The molecule has 0 amide bonds. The van der Waals surface area contributed by atoms with Crippen LogP contribution in [0.15, 0.2) is 11.1 Å². The van der Waals surface area contributed by atoms with Gasteiger partial charge in [0.2, 0.25) is 5.12 Å². The maximum atomic E-state index is 5.80. The van der Waals surface area contributed by atoms with E-state index in [1.54, 1.807) is 11.4 Å². The van der Waals surface area contributed by atoms with Gasteiger partial charge in [0, 0.05) is 18.8 Å². The average Bonchev–Trinajstić information content (AvgIpc) is 2.98. The molecule has 0 heterocycles. The molecule has 0 bridgehead atoms. The van der Waals surface area contributed by atoms with Crippen molar-refractivity contribution in [3.8, 4) is 0 Å². The Hall–Kier alpha value is 0.660. The van der Waals surface area contributed by atoms with Gasteiger partial charge < -0.3 is 9.47 Å². The number of allylic oxidation sites excluding steroid dienone is 1. The summed E-state index contributed by atoms with van der Waals surface area (Å²) in [4.78, 5) is 0. The lowest BCUT2D eigenvalue weighted by Crippen LogP contribution is -2.30. The number of hydrogen-bond donors (Lipinski definition) is 0. The van der Waals surface area contributed by atoms with E-state index >= 15 is 0 Å². The molecule has 0 fully saturated rings. The Morgan fingerprint density at radius 1 is 1.33 bits per heavy atom. The average molecular weight is 266 g/mol. The fraction of sp³-hybridized carbons (Fsp3) is 0.800. The highest BCUT2D eigenvalue weighted by Gasteiger charge is 2.44. The summed E-state index contributed by atoms with van der Waals surface area (Å²) in [5.41, 5.74) is 2.81. The van der Waals surface area contributed by atoms with Crippen molar-refractivity contribution >= 4 is 29.7 Å².